The first-order chi connectivity index (χ1) is 28.9. The zero-order valence-corrected chi connectivity index (χ0v) is 35.0. The van der Waals surface area contributed by atoms with Crippen molar-refractivity contribution in [2.45, 2.75) is 91.2 Å². The second-order valence-corrected chi connectivity index (χ2v) is 18.1. The molecule has 3 aromatic heterocycles. The van der Waals surface area contributed by atoms with Crippen LogP contribution < -0.4 is 5.32 Å². The number of aromatic nitrogens is 5. The van der Waals surface area contributed by atoms with Crippen LogP contribution in [0, 0.1) is 28.6 Å². The number of phenols is 2. The Morgan fingerprint density at radius 2 is 1.80 bits per heavy atom. The number of nitrogens with zero attached hydrogens (tertiary/aromatic N) is 5. The summed E-state index contributed by atoms with van der Waals surface area (Å²) in [6.45, 7) is 10.7. The number of pyridine rings is 1. The zero-order chi connectivity index (χ0) is 41.8. The van der Waals surface area contributed by atoms with E-state index in [4.69, 9.17) is 9.47 Å². The van der Waals surface area contributed by atoms with Gasteiger partial charge in [-0.25, -0.2) is 9.36 Å². The van der Waals surface area contributed by atoms with Crippen molar-refractivity contribution in [3.63, 3.8) is 0 Å². The van der Waals surface area contributed by atoms with Crippen LogP contribution in [0.5, 0.6) is 17.5 Å². The van der Waals surface area contributed by atoms with E-state index in [1.54, 1.807) is 6.07 Å². The van der Waals surface area contributed by atoms with Crippen molar-refractivity contribution in [1.29, 1.82) is 0 Å². The van der Waals surface area contributed by atoms with Crippen LogP contribution in [0.15, 0.2) is 84.8 Å². The number of allylic oxidation sites excluding steroid dienone is 3. The molecule has 12 nitrogen and oxygen atoms in total. The lowest BCUT2D eigenvalue weighted by molar-refractivity contribution is -0.0263. The first-order valence-electron chi connectivity index (χ1n) is 21.6. The molecule has 0 radical (unpaired) electrons. The number of aromatic hydroxyl groups is 3. The lowest BCUT2D eigenvalue weighted by atomic mass is 9.47. The minimum absolute atomic E-state index is 0.00214. The molecular weight excluding hydrogens is 757 g/mol. The quantitative estimate of drug-likeness (QED) is 0.0754. The van der Waals surface area contributed by atoms with E-state index in [9.17, 15) is 20.1 Å². The maximum Gasteiger partial charge on any atom is 0.407 e. The Balaban J connectivity index is 0.745. The van der Waals surface area contributed by atoms with Crippen LogP contribution in [-0.4, -0.2) is 71.6 Å². The second kappa shape index (κ2) is 15.8. The molecule has 12 heteroatoms. The predicted molar refractivity (Wildman–Crippen MR) is 230 cm³/mol. The van der Waals surface area contributed by atoms with Crippen molar-refractivity contribution in [2.75, 3.05) is 19.8 Å². The molecule has 1 amide bonds. The van der Waals surface area contributed by atoms with Gasteiger partial charge in [0.05, 0.1) is 24.5 Å². The first kappa shape index (κ1) is 39.8. The van der Waals surface area contributed by atoms with Crippen molar-refractivity contribution in [3.8, 4) is 34.6 Å². The van der Waals surface area contributed by atoms with Crippen molar-refractivity contribution in [2.24, 2.45) is 28.6 Å². The lowest BCUT2D eigenvalue weighted by Crippen LogP contribution is -2.50. The van der Waals surface area contributed by atoms with Crippen LogP contribution in [-0.2, 0) is 16.0 Å². The molecule has 0 aliphatic heterocycles. The summed E-state index contributed by atoms with van der Waals surface area (Å²) >= 11 is 0. The molecule has 2 aromatic carbocycles. The predicted octanol–water partition coefficient (Wildman–Crippen LogP) is 9.29. The van der Waals surface area contributed by atoms with Crippen LogP contribution in [0.25, 0.3) is 33.6 Å². The SMILES string of the molecule is CC(C)c1cc(-c2nnc(O)n2-c2ccc3c(ccn3CCOCCNC(=O)OC3CCC4(C)C(=CCC5C4CCC4(C)C(c6cccnc6)=CCC54)C3)c2)c(O)cc1O. The van der Waals surface area contributed by atoms with Crippen LogP contribution >= 0.6 is 0 Å². The normalized spacial score (nSPS) is 25.9. The molecule has 4 aliphatic carbocycles. The van der Waals surface area contributed by atoms with Crippen LogP contribution in [0.1, 0.15) is 89.7 Å². The fourth-order valence-corrected chi connectivity index (χ4v) is 11.4. The third-order valence-electron chi connectivity index (χ3n) is 14.5. The summed E-state index contributed by atoms with van der Waals surface area (Å²) < 4.78 is 15.4. The Morgan fingerprint density at radius 1 is 0.950 bits per heavy atom. The van der Waals surface area contributed by atoms with Gasteiger partial charge in [-0.2, -0.15) is 0 Å². The van der Waals surface area contributed by atoms with E-state index in [1.807, 2.05) is 56.7 Å². The molecule has 2 fully saturated rings. The van der Waals surface area contributed by atoms with Crippen molar-refractivity contribution in [3.05, 3.63) is 96.0 Å². The Bertz CT molecular complexity index is 2470. The summed E-state index contributed by atoms with van der Waals surface area (Å²) in [7, 11) is 0. The minimum atomic E-state index is -0.384. The number of carbonyl (C=O) groups excluding carboxylic acids is 1. The Labute approximate surface area is 351 Å². The summed E-state index contributed by atoms with van der Waals surface area (Å²) in [6, 6.07) is 14.6. The largest absolute Gasteiger partial charge is 0.508 e. The molecule has 60 heavy (non-hydrogen) atoms. The summed E-state index contributed by atoms with van der Waals surface area (Å²) in [6.07, 6.45) is 17.9. The highest BCUT2D eigenvalue weighted by Crippen LogP contribution is 2.66. The van der Waals surface area contributed by atoms with E-state index in [2.05, 4.69) is 63.2 Å². The fraction of sp³-hybridized carbons (Fsp3) is 0.458. The van der Waals surface area contributed by atoms with Gasteiger partial charge in [0.1, 0.15) is 17.6 Å². The van der Waals surface area contributed by atoms with E-state index in [0.29, 0.717) is 60.9 Å². The number of hydrogen-bond acceptors (Lipinski definition) is 9. The third kappa shape index (κ3) is 7.02. The number of phenolic OH excluding ortho intramolecular Hbond substituents is 2. The van der Waals surface area contributed by atoms with Crippen molar-refractivity contribution >= 4 is 22.6 Å². The van der Waals surface area contributed by atoms with E-state index in [-0.39, 0.29) is 52.3 Å². The summed E-state index contributed by atoms with van der Waals surface area (Å²) in [5, 5.41) is 43.6. The highest BCUT2D eigenvalue weighted by atomic mass is 16.6. The van der Waals surface area contributed by atoms with Gasteiger partial charge in [-0.1, -0.05) is 56.6 Å². The molecule has 4 aliphatic rings. The molecule has 0 saturated heterocycles. The van der Waals surface area contributed by atoms with Gasteiger partial charge in [-0.15, -0.1) is 5.10 Å². The number of rotatable bonds is 11. The van der Waals surface area contributed by atoms with Gasteiger partial charge in [0.25, 0.3) is 0 Å². The molecule has 2 saturated carbocycles. The Hall–Kier alpha value is -5.62. The number of carbonyl (C=O) groups is 1. The van der Waals surface area contributed by atoms with Gasteiger partial charge in [0, 0.05) is 55.1 Å². The smallest absolute Gasteiger partial charge is 0.407 e. The molecule has 3 heterocycles. The number of nitrogens with one attached hydrogen (secondary N) is 1. The van der Waals surface area contributed by atoms with Crippen molar-refractivity contribution < 1.29 is 29.6 Å². The molecule has 6 atom stereocenters. The van der Waals surface area contributed by atoms with Gasteiger partial charge < -0.3 is 34.7 Å². The molecule has 0 bridgehead atoms. The molecule has 5 aromatic rings. The number of ether oxygens (including phenoxy) is 2. The molecule has 314 valence electrons. The topological polar surface area (TPSA) is 157 Å². The van der Waals surface area contributed by atoms with Crippen LogP contribution in [0.4, 0.5) is 4.79 Å². The van der Waals surface area contributed by atoms with Gasteiger partial charge >= 0.3 is 12.1 Å². The maximum absolute atomic E-state index is 12.9. The Kier molecular flexibility index (Phi) is 10.5. The summed E-state index contributed by atoms with van der Waals surface area (Å²) in [4.78, 5) is 17.3. The number of alkyl carbamates (subject to hydrolysis) is 1. The first-order valence-corrected chi connectivity index (χ1v) is 21.6. The molecule has 4 N–H and O–H groups in total. The highest BCUT2D eigenvalue weighted by Gasteiger charge is 2.57. The van der Waals surface area contributed by atoms with E-state index in [1.165, 1.54) is 40.2 Å². The second-order valence-electron chi connectivity index (χ2n) is 18.1. The van der Waals surface area contributed by atoms with Crippen molar-refractivity contribution in [1.82, 2.24) is 29.6 Å². The number of benzene rings is 2. The average molecular weight is 813 g/mol. The number of fused-ring (bicyclic) bond motifs is 6. The van der Waals surface area contributed by atoms with E-state index in [0.717, 1.165) is 43.0 Å². The molecular formula is C48H56N6O6. The van der Waals surface area contributed by atoms with E-state index < -0.39 is 0 Å². The number of amides is 1. The maximum atomic E-state index is 12.9. The van der Waals surface area contributed by atoms with Gasteiger partial charge in [-0.3, -0.25) is 4.98 Å². The van der Waals surface area contributed by atoms with Gasteiger partial charge in [-0.05, 0) is 126 Å². The zero-order valence-electron chi connectivity index (χ0n) is 35.0. The lowest BCUT2D eigenvalue weighted by Gasteiger charge is -2.57. The summed E-state index contributed by atoms with van der Waals surface area (Å²) in [5.41, 5.74) is 7.23. The standard InChI is InChI=1S/C48H56N6O6/c1-29(2)36-26-37(43(56)27-42(36)55)44-51-52-45(57)54(44)33-8-12-41-30(24-33)15-20-53(41)21-23-59-22-19-50-46(58)60-34-13-16-47(3)32(25-34)7-9-35-39-11-10-38(31-6-5-18-49-28-31)48(39,4)17-14-40(35)47/h5-8,10,12,15,18,20,24,26-29,34-35,39-40,55-56H,9,11,13-14,16-17,19,21-23,25H2,1-4H3,(H,50,58)(H,52,57). The van der Waals surface area contributed by atoms with E-state index >= 15 is 0 Å². The minimum Gasteiger partial charge on any atom is -0.508 e. The van der Waals surface area contributed by atoms with Gasteiger partial charge in [0.15, 0.2) is 5.82 Å². The fourth-order valence-electron chi connectivity index (χ4n) is 11.4. The molecule has 0 spiro atoms. The Morgan fingerprint density at radius 3 is 2.62 bits per heavy atom. The monoisotopic (exact) mass is 812 g/mol. The third-order valence-corrected chi connectivity index (χ3v) is 14.5. The molecule has 9 rings (SSSR count). The summed E-state index contributed by atoms with van der Waals surface area (Å²) in [5.74, 6) is 2.09. The van der Waals surface area contributed by atoms with Gasteiger partial charge in [0.2, 0.25) is 0 Å². The highest BCUT2D eigenvalue weighted by molar-refractivity contribution is 5.83. The van der Waals surface area contributed by atoms with Crippen LogP contribution in [0.2, 0.25) is 0 Å². The van der Waals surface area contributed by atoms with Crippen LogP contribution in [0.3, 0.4) is 0 Å². The number of hydrogen-bond donors (Lipinski definition) is 4. The average Bonchev–Trinajstić information content (AvgIpc) is 3.93. The molecule has 6 unspecified atom stereocenters.